The van der Waals surface area contributed by atoms with Crippen molar-refractivity contribution in [3.05, 3.63) is 48.3 Å². The van der Waals surface area contributed by atoms with Gasteiger partial charge in [0.1, 0.15) is 0 Å². The van der Waals surface area contributed by atoms with Crippen molar-refractivity contribution in [3.63, 3.8) is 0 Å². The number of hydrogen-bond acceptors (Lipinski definition) is 4. The average molecular weight is 382 g/mol. The van der Waals surface area contributed by atoms with E-state index in [9.17, 15) is 4.79 Å². The van der Waals surface area contributed by atoms with Crippen LogP contribution in [-0.4, -0.2) is 56.3 Å². The zero-order valence-electron chi connectivity index (χ0n) is 16.6. The number of imidazole rings is 1. The Morgan fingerprint density at radius 3 is 2.82 bits per heavy atom. The van der Waals surface area contributed by atoms with Crippen molar-refractivity contribution in [1.29, 1.82) is 0 Å². The summed E-state index contributed by atoms with van der Waals surface area (Å²) < 4.78 is 0. The van der Waals surface area contributed by atoms with Gasteiger partial charge in [0.2, 0.25) is 0 Å². The van der Waals surface area contributed by atoms with Gasteiger partial charge >= 0.3 is 0 Å². The molecule has 4 rings (SSSR count). The first-order valence-electron chi connectivity index (χ1n) is 10.7. The fourth-order valence-corrected chi connectivity index (χ4v) is 4.80. The van der Waals surface area contributed by atoms with Gasteiger partial charge in [-0.25, -0.2) is 4.98 Å². The first kappa shape index (κ1) is 19.1. The van der Waals surface area contributed by atoms with Crippen LogP contribution in [0.15, 0.2) is 36.9 Å². The molecule has 1 saturated heterocycles. The van der Waals surface area contributed by atoms with E-state index in [0.29, 0.717) is 18.3 Å². The topological polar surface area (TPSA) is 65.1 Å². The Hall–Kier alpha value is -2.21. The third kappa shape index (κ3) is 4.79. The molecule has 1 saturated carbocycles. The van der Waals surface area contributed by atoms with Gasteiger partial charge in [-0.3, -0.25) is 9.78 Å². The summed E-state index contributed by atoms with van der Waals surface area (Å²) in [6.45, 7) is 3.68. The summed E-state index contributed by atoms with van der Waals surface area (Å²) in [5, 5.41) is 0. The van der Waals surface area contributed by atoms with Crippen LogP contribution in [0.5, 0.6) is 0 Å². The number of rotatable bonds is 6. The molecule has 1 unspecified atom stereocenters. The molecule has 2 aromatic rings. The van der Waals surface area contributed by atoms with E-state index in [1.807, 2.05) is 23.2 Å². The lowest BCUT2D eigenvalue weighted by Gasteiger charge is -2.41. The van der Waals surface area contributed by atoms with Crippen molar-refractivity contribution in [3.8, 4) is 0 Å². The van der Waals surface area contributed by atoms with Crippen molar-refractivity contribution in [2.75, 3.05) is 19.6 Å². The summed E-state index contributed by atoms with van der Waals surface area (Å²) in [5.41, 5.74) is 1.06. The Kier molecular flexibility index (Phi) is 6.37. The number of carbonyl (C=O) groups is 1. The number of piperidine rings is 1. The maximum Gasteiger partial charge on any atom is 0.289 e. The molecule has 1 atom stereocenters. The molecular weight excluding hydrogens is 350 g/mol. The highest BCUT2D eigenvalue weighted by Crippen LogP contribution is 2.28. The summed E-state index contributed by atoms with van der Waals surface area (Å²) in [6, 6.07) is 4.71. The predicted molar refractivity (Wildman–Crippen MR) is 109 cm³/mol. The van der Waals surface area contributed by atoms with Crippen molar-refractivity contribution < 1.29 is 4.79 Å². The largest absolute Gasteiger partial charge is 0.341 e. The molecule has 3 heterocycles. The smallest absolute Gasteiger partial charge is 0.289 e. The summed E-state index contributed by atoms with van der Waals surface area (Å²) >= 11 is 0. The summed E-state index contributed by atoms with van der Waals surface area (Å²) in [5.74, 6) is 0.915. The minimum atomic E-state index is -0.0244. The Morgan fingerprint density at radius 1 is 1.18 bits per heavy atom. The molecule has 0 radical (unpaired) electrons. The fourth-order valence-electron chi connectivity index (χ4n) is 4.80. The molecule has 0 bridgehead atoms. The van der Waals surface area contributed by atoms with Crippen molar-refractivity contribution in [2.45, 2.75) is 57.5 Å². The second kappa shape index (κ2) is 9.32. The molecule has 2 fully saturated rings. The molecule has 1 amide bonds. The lowest BCUT2D eigenvalue weighted by molar-refractivity contribution is 0.0575. The van der Waals surface area contributed by atoms with Crippen LogP contribution in [0.3, 0.4) is 0 Å². The van der Waals surface area contributed by atoms with Gasteiger partial charge in [-0.05, 0) is 49.8 Å². The predicted octanol–water partition coefficient (Wildman–Crippen LogP) is 3.49. The number of nitrogens with one attached hydrogen (secondary N) is 1. The lowest BCUT2D eigenvalue weighted by Crippen LogP contribution is -2.47. The Labute approximate surface area is 167 Å². The second-order valence-electron chi connectivity index (χ2n) is 8.28. The number of likely N-dealkylation sites (tertiary alicyclic amines) is 1. The number of pyridine rings is 1. The SMILES string of the molecule is O=C(c1ncc[nH]1)N(Cc1cccnc1)CC1CCCN(C2CCCCC2)C1. The number of amides is 1. The van der Waals surface area contributed by atoms with Gasteiger partial charge in [-0.2, -0.15) is 0 Å². The van der Waals surface area contributed by atoms with Crippen LogP contribution < -0.4 is 0 Å². The second-order valence-corrected chi connectivity index (χ2v) is 8.28. The molecule has 6 nitrogen and oxygen atoms in total. The van der Waals surface area contributed by atoms with E-state index < -0.39 is 0 Å². The summed E-state index contributed by atoms with van der Waals surface area (Å²) in [7, 11) is 0. The number of H-pyrrole nitrogens is 1. The van der Waals surface area contributed by atoms with Gasteiger partial charge < -0.3 is 14.8 Å². The molecule has 2 aromatic heterocycles. The number of aromatic amines is 1. The van der Waals surface area contributed by atoms with Gasteiger partial charge in [0.25, 0.3) is 5.91 Å². The van der Waals surface area contributed by atoms with Gasteiger partial charge in [0.05, 0.1) is 0 Å². The lowest BCUT2D eigenvalue weighted by atomic mass is 9.90. The number of nitrogens with zero attached hydrogens (tertiary/aromatic N) is 4. The van der Waals surface area contributed by atoms with E-state index in [4.69, 9.17) is 0 Å². The van der Waals surface area contributed by atoms with Crippen LogP contribution in [0.2, 0.25) is 0 Å². The van der Waals surface area contributed by atoms with Crippen molar-refractivity contribution >= 4 is 5.91 Å². The summed E-state index contributed by atoms with van der Waals surface area (Å²) in [4.78, 5) is 29.1. The van der Waals surface area contributed by atoms with E-state index in [-0.39, 0.29) is 5.91 Å². The molecule has 28 heavy (non-hydrogen) atoms. The number of carbonyl (C=O) groups excluding carboxylic acids is 1. The van der Waals surface area contributed by atoms with Gasteiger partial charge in [0, 0.05) is 50.5 Å². The van der Waals surface area contributed by atoms with Crippen LogP contribution in [0.4, 0.5) is 0 Å². The summed E-state index contributed by atoms with van der Waals surface area (Å²) in [6.07, 6.45) is 16.2. The van der Waals surface area contributed by atoms with E-state index in [0.717, 1.165) is 24.7 Å². The van der Waals surface area contributed by atoms with Gasteiger partial charge in [-0.15, -0.1) is 0 Å². The molecule has 2 aliphatic rings. The Morgan fingerprint density at radius 2 is 2.07 bits per heavy atom. The Bertz CT molecular complexity index is 727. The molecule has 1 aliphatic heterocycles. The van der Waals surface area contributed by atoms with E-state index in [1.54, 1.807) is 18.6 Å². The van der Waals surface area contributed by atoms with Crippen LogP contribution in [-0.2, 0) is 6.54 Å². The minimum absolute atomic E-state index is 0.0244. The van der Waals surface area contributed by atoms with E-state index in [2.05, 4.69) is 19.9 Å². The zero-order chi connectivity index (χ0) is 19.2. The first-order chi connectivity index (χ1) is 13.8. The van der Waals surface area contributed by atoms with Crippen molar-refractivity contribution in [1.82, 2.24) is 24.8 Å². The van der Waals surface area contributed by atoms with Gasteiger partial charge in [-0.1, -0.05) is 25.3 Å². The first-order valence-corrected chi connectivity index (χ1v) is 10.7. The number of hydrogen-bond donors (Lipinski definition) is 1. The van der Waals surface area contributed by atoms with Crippen LogP contribution in [0, 0.1) is 5.92 Å². The van der Waals surface area contributed by atoms with E-state index >= 15 is 0 Å². The number of aromatic nitrogens is 3. The Balaban J connectivity index is 1.44. The molecule has 1 N–H and O–H groups in total. The van der Waals surface area contributed by atoms with Crippen LogP contribution in [0.1, 0.15) is 61.1 Å². The average Bonchev–Trinajstić information content (AvgIpc) is 3.29. The third-order valence-corrected chi connectivity index (χ3v) is 6.20. The monoisotopic (exact) mass is 381 g/mol. The molecule has 150 valence electrons. The maximum absolute atomic E-state index is 13.1. The van der Waals surface area contributed by atoms with Crippen LogP contribution in [0.25, 0.3) is 0 Å². The molecule has 6 heteroatoms. The standard InChI is InChI=1S/C22H31N5O/c28-22(21-24-11-12-25-21)27(15-18-6-4-10-23-14-18)17-19-7-5-13-26(16-19)20-8-2-1-3-9-20/h4,6,10-12,14,19-20H,1-3,5,7-9,13,15-17H2,(H,24,25). The highest BCUT2D eigenvalue weighted by molar-refractivity contribution is 5.90. The fraction of sp³-hybridized carbons (Fsp3) is 0.591. The van der Waals surface area contributed by atoms with Crippen LogP contribution >= 0.6 is 0 Å². The quantitative estimate of drug-likeness (QED) is 0.832. The molecule has 0 spiro atoms. The highest BCUT2D eigenvalue weighted by Gasteiger charge is 2.29. The van der Waals surface area contributed by atoms with E-state index in [1.165, 1.54) is 51.5 Å². The maximum atomic E-state index is 13.1. The highest BCUT2D eigenvalue weighted by atomic mass is 16.2. The minimum Gasteiger partial charge on any atom is -0.341 e. The zero-order valence-corrected chi connectivity index (χ0v) is 16.6. The van der Waals surface area contributed by atoms with Crippen molar-refractivity contribution in [2.24, 2.45) is 5.92 Å². The molecular formula is C22H31N5O. The molecule has 0 aromatic carbocycles. The molecule has 1 aliphatic carbocycles. The normalized spacial score (nSPS) is 21.5. The third-order valence-electron chi connectivity index (χ3n) is 6.20. The van der Waals surface area contributed by atoms with Gasteiger partial charge in [0.15, 0.2) is 5.82 Å².